The number of hydrogen-bond acceptors (Lipinski definition) is 2. The molecule has 0 heterocycles. The van der Waals surface area contributed by atoms with Crippen LogP contribution in [0, 0.1) is 0 Å². The summed E-state index contributed by atoms with van der Waals surface area (Å²) in [5, 5.41) is 1.29. The highest BCUT2D eigenvalue weighted by atomic mass is 79.9. The van der Waals surface area contributed by atoms with Crippen LogP contribution in [0.2, 0.25) is 0 Å². The fraction of sp³-hybridized carbons (Fsp3) is 0.875. The summed E-state index contributed by atoms with van der Waals surface area (Å²) >= 11 is 3.48. The first-order valence-corrected chi connectivity index (χ1v) is 4.90. The van der Waals surface area contributed by atoms with Crippen LogP contribution in [0.1, 0.15) is 25.7 Å². The maximum atomic E-state index is 11.7. The molecule has 1 fully saturated rings. The Kier molecular flexibility index (Phi) is 3.12. The van der Waals surface area contributed by atoms with Gasteiger partial charge in [0.25, 0.3) is 5.91 Å². The molecule has 0 bridgehead atoms. The predicted molar refractivity (Wildman–Crippen MR) is 49.9 cm³/mol. The maximum Gasteiger partial charge on any atom is 0.262 e. The van der Waals surface area contributed by atoms with Crippen LogP contribution in [0.25, 0.3) is 0 Å². The number of alkyl halides is 1. The summed E-state index contributed by atoms with van der Waals surface area (Å²) in [4.78, 5) is 16.5. The molecule has 3 nitrogen and oxygen atoms in total. The van der Waals surface area contributed by atoms with Crippen molar-refractivity contribution in [1.82, 2.24) is 5.06 Å². The van der Waals surface area contributed by atoms with Crippen LogP contribution in [-0.4, -0.2) is 29.5 Å². The summed E-state index contributed by atoms with van der Waals surface area (Å²) in [6.07, 6.45) is 4.07. The first-order valence-electron chi connectivity index (χ1n) is 4.11. The second kappa shape index (κ2) is 3.75. The van der Waals surface area contributed by atoms with Gasteiger partial charge >= 0.3 is 0 Å². The molecule has 1 saturated carbocycles. The van der Waals surface area contributed by atoms with Crippen LogP contribution in [0.3, 0.4) is 0 Å². The van der Waals surface area contributed by atoms with E-state index in [4.69, 9.17) is 4.84 Å². The average molecular weight is 236 g/mol. The van der Waals surface area contributed by atoms with Crippen LogP contribution in [0.15, 0.2) is 0 Å². The van der Waals surface area contributed by atoms with Gasteiger partial charge in [-0.3, -0.25) is 9.63 Å². The minimum absolute atomic E-state index is 0.0301. The Bertz CT molecular complexity index is 178. The molecule has 1 rings (SSSR count). The maximum absolute atomic E-state index is 11.7. The summed E-state index contributed by atoms with van der Waals surface area (Å²) in [5.74, 6) is 0.0301. The first-order chi connectivity index (χ1) is 5.60. The Morgan fingerprint density at radius 2 is 2.00 bits per heavy atom. The van der Waals surface area contributed by atoms with Gasteiger partial charge in [0, 0.05) is 7.05 Å². The molecule has 0 atom stereocenters. The zero-order valence-electron chi connectivity index (χ0n) is 7.47. The van der Waals surface area contributed by atoms with E-state index >= 15 is 0 Å². The molecule has 0 unspecified atom stereocenters. The van der Waals surface area contributed by atoms with Crippen molar-refractivity contribution in [3.63, 3.8) is 0 Å². The van der Waals surface area contributed by atoms with Crippen molar-refractivity contribution in [3.05, 3.63) is 0 Å². The Morgan fingerprint density at radius 1 is 1.50 bits per heavy atom. The van der Waals surface area contributed by atoms with Gasteiger partial charge in [-0.15, -0.1) is 0 Å². The highest BCUT2D eigenvalue weighted by molar-refractivity contribution is 9.10. The van der Waals surface area contributed by atoms with Gasteiger partial charge in [-0.1, -0.05) is 28.8 Å². The van der Waals surface area contributed by atoms with E-state index in [9.17, 15) is 4.79 Å². The lowest BCUT2D eigenvalue weighted by atomic mass is 10.1. The summed E-state index contributed by atoms with van der Waals surface area (Å²) in [6.45, 7) is 0. The number of hydroxylamine groups is 2. The molecule has 12 heavy (non-hydrogen) atoms. The summed E-state index contributed by atoms with van der Waals surface area (Å²) < 4.78 is -0.349. The fourth-order valence-corrected chi connectivity index (χ4v) is 2.32. The highest BCUT2D eigenvalue weighted by Gasteiger charge is 2.40. The SMILES string of the molecule is CON(C)C(=O)C1(Br)CCCC1. The summed E-state index contributed by atoms with van der Waals surface area (Å²) in [7, 11) is 3.15. The number of carbonyl (C=O) groups excluding carboxylic acids is 1. The van der Waals surface area contributed by atoms with Crippen LogP contribution in [0.5, 0.6) is 0 Å². The lowest BCUT2D eigenvalue weighted by Crippen LogP contribution is -2.40. The molecule has 0 saturated heterocycles. The van der Waals surface area contributed by atoms with Crippen LogP contribution < -0.4 is 0 Å². The lowest BCUT2D eigenvalue weighted by molar-refractivity contribution is -0.171. The normalized spacial score (nSPS) is 20.9. The molecular formula is C8H14BrNO2. The van der Waals surface area contributed by atoms with Gasteiger partial charge in [0.1, 0.15) is 4.32 Å². The molecule has 1 amide bonds. The van der Waals surface area contributed by atoms with Crippen molar-refractivity contribution < 1.29 is 9.63 Å². The number of hydrogen-bond donors (Lipinski definition) is 0. The van der Waals surface area contributed by atoms with Crippen molar-refractivity contribution in [3.8, 4) is 0 Å². The number of nitrogens with zero attached hydrogens (tertiary/aromatic N) is 1. The largest absolute Gasteiger partial charge is 0.275 e. The molecule has 70 valence electrons. The van der Waals surface area contributed by atoms with E-state index in [1.54, 1.807) is 7.05 Å². The lowest BCUT2D eigenvalue weighted by Gasteiger charge is -2.25. The van der Waals surface area contributed by atoms with E-state index in [1.807, 2.05) is 0 Å². The average Bonchev–Trinajstić information content (AvgIpc) is 2.50. The summed E-state index contributed by atoms with van der Waals surface area (Å²) in [5.41, 5.74) is 0. The van der Waals surface area contributed by atoms with Crippen molar-refractivity contribution in [2.75, 3.05) is 14.2 Å². The minimum atomic E-state index is -0.349. The monoisotopic (exact) mass is 235 g/mol. The molecule has 0 aromatic carbocycles. The second-order valence-electron chi connectivity index (χ2n) is 3.16. The minimum Gasteiger partial charge on any atom is -0.275 e. The van der Waals surface area contributed by atoms with Gasteiger partial charge in [-0.05, 0) is 12.8 Å². The quantitative estimate of drug-likeness (QED) is 0.539. The molecule has 0 aliphatic heterocycles. The molecular weight excluding hydrogens is 222 g/mol. The highest BCUT2D eigenvalue weighted by Crippen LogP contribution is 2.38. The van der Waals surface area contributed by atoms with Gasteiger partial charge in [0.15, 0.2) is 0 Å². The van der Waals surface area contributed by atoms with Gasteiger partial charge in [0.05, 0.1) is 7.11 Å². The molecule has 0 aromatic heterocycles. The fourth-order valence-electron chi connectivity index (χ4n) is 1.51. The molecule has 0 aromatic rings. The molecule has 1 aliphatic carbocycles. The van der Waals surface area contributed by atoms with E-state index < -0.39 is 0 Å². The zero-order valence-corrected chi connectivity index (χ0v) is 9.06. The van der Waals surface area contributed by atoms with Gasteiger partial charge in [-0.25, -0.2) is 5.06 Å². The molecule has 0 N–H and O–H groups in total. The van der Waals surface area contributed by atoms with Crippen LogP contribution >= 0.6 is 15.9 Å². The first kappa shape index (κ1) is 9.99. The van der Waals surface area contributed by atoms with Crippen molar-refractivity contribution in [1.29, 1.82) is 0 Å². The van der Waals surface area contributed by atoms with Crippen molar-refractivity contribution >= 4 is 21.8 Å². The van der Waals surface area contributed by atoms with Crippen molar-refractivity contribution in [2.24, 2.45) is 0 Å². The zero-order chi connectivity index (χ0) is 9.19. The van der Waals surface area contributed by atoms with Crippen molar-refractivity contribution in [2.45, 2.75) is 30.0 Å². The Labute approximate surface area is 81.1 Å². The van der Waals surface area contributed by atoms with E-state index in [1.165, 1.54) is 12.2 Å². The third-order valence-corrected chi connectivity index (χ3v) is 3.47. The smallest absolute Gasteiger partial charge is 0.262 e. The summed E-state index contributed by atoms with van der Waals surface area (Å²) in [6, 6.07) is 0. The molecule has 4 heteroatoms. The number of carbonyl (C=O) groups is 1. The topological polar surface area (TPSA) is 29.5 Å². The number of amides is 1. The Hall–Kier alpha value is -0.0900. The van der Waals surface area contributed by atoms with E-state index in [0.29, 0.717) is 0 Å². The van der Waals surface area contributed by atoms with Crippen LogP contribution in [-0.2, 0) is 9.63 Å². The van der Waals surface area contributed by atoms with E-state index in [2.05, 4.69) is 15.9 Å². The molecule has 0 radical (unpaired) electrons. The second-order valence-corrected chi connectivity index (χ2v) is 4.68. The number of rotatable bonds is 2. The van der Waals surface area contributed by atoms with Crippen LogP contribution in [0.4, 0.5) is 0 Å². The van der Waals surface area contributed by atoms with E-state index in [-0.39, 0.29) is 10.2 Å². The predicted octanol–water partition coefficient (Wildman–Crippen LogP) is 1.71. The van der Waals surface area contributed by atoms with Gasteiger partial charge in [-0.2, -0.15) is 0 Å². The Morgan fingerprint density at radius 3 is 2.42 bits per heavy atom. The standard InChI is InChI=1S/C8H14BrNO2/c1-10(12-2)7(11)8(9)5-3-4-6-8/h3-6H2,1-2H3. The van der Waals surface area contributed by atoms with E-state index in [0.717, 1.165) is 25.7 Å². The molecule has 0 spiro atoms. The third-order valence-electron chi connectivity index (χ3n) is 2.34. The Balaban J connectivity index is 2.61. The molecule has 1 aliphatic rings. The van der Waals surface area contributed by atoms with Gasteiger partial charge < -0.3 is 0 Å². The van der Waals surface area contributed by atoms with Gasteiger partial charge in [0.2, 0.25) is 0 Å². The number of halogens is 1. The third kappa shape index (κ3) is 1.80.